The lowest BCUT2D eigenvalue weighted by atomic mass is 10.2. The molecule has 1 aromatic rings. The van der Waals surface area contributed by atoms with Crippen LogP contribution in [0, 0.1) is 18.9 Å². The molecule has 0 saturated carbocycles. The molecule has 0 aliphatic carbocycles. The highest BCUT2D eigenvalue weighted by Crippen LogP contribution is 2.39. The molecule has 0 spiro atoms. The van der Waals surface area contributed by atoms with Crippen molar-refractivity contribution >= 4 is 23.7 Å². The van der Waals surface area contributed by atoms with Gasteiger partial charge in [0.15, 0.2) is 0 Å². The van der Waals surface area contributed by atoms with Gasteiger partial charge in [-0.1, -0.05) is 5.92 Å². The molecule has 0 unspecified atom stereocenters. The van der Waals surface area contributed by atoms with E-state index in [2.05, 4.69) is 20.6 Å². The van der Waals surface area contributed by atoms with Gasteiger partial charge in [-0.05, 0) is 48.0 Å². The van der Waals surface area contributed by atoms with Crippen molar-refractivity contribution in [3.8, 4) is 12.3 Å². The molecule has 35 heavy (non-hydrogen) atoms. The zero-order chi connectivity index (χ0) is 26.7. The van der Waals surface area contributed by atoms with Crippen LogP contribution in [0.5, 0.6) is 0 Å². The number of ether oxygens (including phenoxy) is 3. The van der Waals surface area contributed by atoms with Crippen LogP contribution in [-0.2, 0) is 14.2 Å². The number of nitrogens with zero attached hydrogens (tertiary/aromatic N) is 5. The minimum Gasteiger partial charge on any atom is -0.444 e. The van der Waals surface area contributed by atoms with E-state index in [9.17, 15) is 18.4 Å². The van der Waals surface area contributed by atoms with Crippen LogP contribution in [0.4, 0.5) is 29.9 Å². The fraction of sp³-hybridized carbons (Fsp3) is 0.652. The fourth-order valence-electron chi connectivity index (χ4n) is 3.56. The van der Waals surface area contributed by atoms with Gasteiger partial charge in [0.2, 0.25) is 0 Å². The van der Waals surface area contributed by atoms with E-state index in [0.717, 1.165) is 4.90 Å². The van der Waals surface area contributed by atoms with E-state index in [0.29, 0.717) is 0 Å². The first-order valence-corrected chi connectivity index (χ1v) is 10.9. The Labute approximate surface area is 203 Å². The van der Waals surface area contributed by atoms with Gasteiger partial charge in [-0.25, -0.2) is 14.4 Å². The van der Waals surface area contributed by atoms with E-state index in [1.54, 1.807) is 41.5 Å². The van der Waals surface area contributed by atoms with Crippen molar-refractivity contribution in [3.63, 3.8) is 0 Å². The fourth-order valence-corrected chi connectivity index (χ4v) is 3.56. The number of rotatable bonds is 5. The second-order valence-electron chi connectivity index (χ2n) is 10.0. The van der Waals surface area contributed by atoms with Gasteiger partial charge in [-0.15, -0.1) is 6.42 Å². The number of likely N-dealkylation sites (tertiary alicyclic amines) is 1. The summed E-state index contributed by atoms with van der Waals surface area (Å²) < 4.78 is 42.2. The van der Waals surface area contributed by atoms with Gasteiger partial charge in [0, 0.05) is 13.6 Å². The quantitative estimate of drug-likeness (QED) is 0.439. The number of hydrogen-bond acceptors (Lipinski definition) is 6. The Morgan fingerprint density at radius 2 is 1.86 bits per heavy atom. The first-order chi connectivity index (χ1) is 16.1. The molecule has 1 saturated heterocycles. The van der Waals surface area contributed by atoms with E-state index in [1.807, 2.05) is 0 Å². The van der Waals surface area contributed by atoms with Gasteiger partial charge in [0.05, 0.1) is 25.3 Å². The summed E-state index contributed by atoms with van der Waals surface area (Å²) in [5, 5.41) is 4.33. The van der Waals surface area contributed by atoms with Crippen molar-refractivity contribution in [2.45, 2.75) is 77.9 Å². The minimum atomic E-state index is -3.02. The van der Waals surface area contributed by atoms with Gasteiger partial charge in [0.25, 0.3) is 5.69 Å². The van der Waals surface area contributed by atoms with Crippen molar-refractivity contribution in [1.82, 2.24) is 14.7 Å². The number of alkyl halides is 2. The molecule has 2 rings (SSSR count). The van der Waals surface area contributed by atoms with Crippen LogP contribution in [0.1, 0.15) is 59.7 Å². The lowest BCUT2D eigenvalue weighted by molar-refractivity contribution is -0.138. The molecule has 1 aliphatic heterocycles. The summed E-state index contributed by atoms with van der Waals surface area (Å²) in [5.74, 6) is 2.41. The van der Waals surface area contributed by atoms with E-state index in [1.165, 1.54) is 16.6 Å². The predicted molar refractivity (Wildman–Crippen MR) is 123 cm³/mol. The lowest BCUT2D eigenvalue weighted by Crippen LogP contribution is -2.42. The number of carbonyl (C=O) groups is 2. The molecule has 0 radical (unpaired) electrons. The maximum absolute atomic E-state index is 12.8. The molecule has 192 valence electrons. The minimum absolute atomic E-state index is 0.00140. The van der Waals surface area contributed by atoms with E-state index < -0.39 is 48.7 Å². The van der Waals surface area contributed by atoms with Crippen molar-refractivity contribution in [3.05, 3.63) is 17.1 Å². The molecule has 0 N–H and O–H groups in total. The average Bonchev–Trinajstić information content (AvgIpc) is 3.30. The number of anilines is 1. The molecule has 1 fully saturated rings. The predicted octanol–water partition coefficient (Wildman–Crippen LogP) is 4.58. The molecule has 10 nitrogen and oxygen atoms in total. The summed E-state index contributed by atoms with van der Waals surface area (Å²) in [4.78, 5) is 31.5. The summed E-state index contributed by atoms with van der Waals surface area (Å²) >= 11 is 0. The Morgan fingerprint density at radius 3 is 2.34 bits per heavy atom. The smallest absolute Gasteiger partial charge is 0.414 e. The molecule has 2 heterocycles. The third kappa shape index (κ3) is 7.06. The van der Waals surface area contributed by atoms with E-state index in [4.69, 9.17) is 22.5 Å². The van der Waals surface area contributed by atoms with Crippen LogP contribution in [0.25, 0.3) is 4.85 Å². The summed E-state index contributed by atoms with van der Waals surface area (Å²) in [6, 6.07) is -1.38. The first kappa shape index (κ1) is 27.9. The summed E-state index contributed by atoms with van der Waals surface area (Å²) in [7, 11) is 1.41. The molecule has 1 aliphatic rings. The molecule has 1 aromatic heterocycles. The SMILES string of the molecule is [C-]#[N+]c1c(C#C)nn([C@H]2C[C@H](COC(F)F)N(C(=O)OC(C)(C)C)C2)c1N(C)C(=O)OC(C)(C)C. The monoisotopic (exact) mass is 495 g/mol. The highest BCUT2D eigenvalue weighted by molar-refractivity contribution is 5.92. The van der Waals surface area contributed by atoms with Crippen LogP contribution in [0.3, 0.4) is 0 Å². The van der Waals surface area contributed by atoms with Gasteiger partial charge in [0.1, 0.15) is 22.7 Å². The Balaban J connectivity index is 2.49. The highest BCUT2D eigenvalue weighted by atomic mass is 19.3. The topological polar surface area (TPSA) is 90.5 Å². The molecule has 2 amide bonds. The van der Waals surface area contributed by atoms with Crippen LogP contribution >= 0.6 is 0 Å². The van der Waals surface area contributed by atoms with Crippen molar-refractivity contribution in [2.75, 3.05) is 25.1 Å². The maximum Gasteiger partial charge on any atom is 0.414 e. The summed E-state index contributed by atoms with van der Waals surface area (Å²) in [6.45, 7) is 14.3. The summed E-state index contributed by atoms with van der Waals surface area (Å²) in [5.41, 5.74) is -1.66. The average molecular weight is 496 g/mol. The number of amides is 2. The normalized spacial score (nSPS) is 18.2. The van der Waals surface area contributed by atoms with Crippen LogP contribution in [-0.4, -0.2) is 70.9 Å². The van der Waals surface area contributed by atoms with E-state index in [-0.39, 0.29) is 30.2 Å². The first-order valence-electron chi connectivity index (χ1n) is 10.9. The van der Waals surface area contributed by atoms with Crippen LogP contribution < -0.4 is 4.90 Å². The van der Waals surface area contributed by atoms with E-state index >= 15 is 0 Å². The summed E-state index contributed by atoms with van der Waals surface area (Å²) in [6.07, 6.45) is 4.24. The van der Waals surface area contributed by atoms with Crippen LogP contribution in [0.15, 0.2) is 0 Å². The number of terminal acetylenes is 1. The second-order valence-corrected chi connectivity index (χ2v) is 10.0. The molecule has 0 aromatic carbocycles. The van der Waals surface area contributed by atoms with Crippen molar-refractivity contribution < 1.29 is 32.6 Å². The highest BCUT2D eigenvalue weighted by Gasteiger charge is 2.41. The van der Waals surface area contributed by atoms with Gasteiger partial charge < -0.3 is 19.1 Å². The molecule has 12 heteroatoms. The molecule has 2 atom stereocenters. The second kappa shape index (κ2) is 10.5. The Bertz CT molecular complexity index is 1030. The largest absolute Gasteiger partial charge is 0.444 e. The zero-order valence-corrected chi connectivity index (χ0v) is 21.0. The van der Waals surface area contributed by atoms with Crippen LogP contribution in [0.2, 0.25) is 0 Å². The molecular formula is C23H31F2N5O5. The third-order valence-corrected chi connectivity index (χ3v) is 4.88. The van der Waals surface area contributed by atoms with Crippen molar-refractivity contribution in [2.24, 2.45) is 0 Å². The molecule has 0 bridgehead atoms. The number of carbonyl (C=O) groups excluding carboxylic acids is 2. The number of hydrogen-bond donors (Lipinski definition) is 0. The van der Waals surface area contributed by atoms with Crippen molar-refractivity contribution in [1.29, 1.82) is 0 Å². The Morgan fingerprint density at radius 1 is 1.26 bits per heavy atom. The van der Waals surface area contributed by atoms with Gasteiger partial charge in [-0.2, -0.15) is 13.9 Å². The number of aromatic nitrogens is 2. The third-order valence-electron chi connectivity index (χ3n) is 4.88. The van der Waals surface area contributed by atoms with Gasteiger partial charge >= 0.3 is 18.8 Å². The molecular weight excluding hydrogens is 464 g/mol. The lowest BCUT2D eigenvalue weighted by Gasteiger charge is -2.28. The standard InChI is InChI=1S/C23H31F2N5O5/c1-10-16-17(26-8)18(28(9)20(31)34-22(2,3)4)30(27-16)14-11-15(13-33-19(24)25)29(12-14)21(32)35-23(5,6)7/h1,14-15,19H,11-13H2,2-7,9H3/t14-,15+/m0/s1. The maximum atomic E-state index is 12.8. The zero-order valence-electron chi connectivity index (χ0n) is 21.0. The Hall–Kier alpha value is -3.38. The number of halogens is 2. The Kier molecular flexibility index (Phi) is 8.35. The van der Waals surface area contributed by atoms with Gasteiger partial charge in [-0.3, -0.25) is 9.58 Å².